The summed E-state index contributed by atoms with van der Waals surface area (Å²) in [6, 6.07) is 3.09. The van der Waals surface area contributed by atoms with Crippen LogP contribution in [0, 0.1) is 5.92 Å². The Hall–Kier alpha value is -1.44. The molecule has 2 fully saturated rings. The molecule has 1 aromatic rings. The van der Waals surface area contributed by atoms with Gasteiger partial charge in [-0.15, -0.1) is 0 Å². The van der Waals surface area contributed by atoms with Gasteiger partial charge in [0.15, 0.2) is 11.5 Å². The molecule has 12 heteroatoms. The van der Waals surface area contributed by atoms with Crippen molar-refractivity contribution in [3.63, 3.8) is 0 Å². The minimum atomic E-state index is -3.84. The van der Waals surface area contributed by atoms with Crippen molar-refractivity contribution in [2.75, 3.05) is 31.9 Å². The van der Waals surface area contributed by atoms with Crippen molar-refractivity contribution in [1.29, 1.82) is 0 Å². The smallest absolute Gasteiger partial charge is 0.274 e. The standard InChI is InChI=1S/C19H30N4O6S2/c20-31(28,29)21-5-2-8-30(26,27)23-6-1-3-14-12-22-7-4-13-9-18(24)19(25)10-15(13)17(22)11-16(14)23/h9-10,14,16-17,21,24-25H,1-8,11-12H2,(H2,20,28,29)/t14-,16+,17+/m1/s1. The van der Waals surface area contributed by atoms with Gasteiger partial charge in [0.1, 0.15) is 0 Å². The third-order valence-electron chi connectivity index (χ3n) is 6.75. The van der Waals surface area contributed by atoms with E-state index in [9.17, 15) is 27.0 Å². The van der Waals surface area contributed by atoms with Crippen LogP contribution in [0.15, 0.2) is 12.1 Å². The van der Waals surface area contributed by atoms with Crippen LogP contribution in [-0.4, -0.2) is 74.2 Å². The molecule has 0 bridgehead atoms. The fourth-order valence-corrected chi connectivity index (χ4v) is 7.61. The molecular formula is C19H30N4O6S2. The summed E-state index contributed by atoms with van der Waals surface area (Å²) < 4.78 is 51.9. The third kappa shape index (κ3) is 4.83. The maximum atomic E-state index is 13.1. The second-order valence-corrected chi connectivity index (χ2v) is 12.1. The van der Waals surface area contributed by atoms with Crippen molar-refractivity contribution in [2.45, 2.75) is 44.2 Å². The predicted octanol–water partition coefficient (Wildman–Crippen LogP) is -0.00570. The minimum Gasteiger partial charge on any atom is -0.504 e. The molecule has 5 N–H and O–H groups in total. The summed E-state index contributed by atoms with van der Waals surface area (Å²) in [6.07, 6.45) is 3.35. The van der Waals surface area contributed by atoms with Crippen LogP contribution in [0.3, 0.4) is 0 Å². The van der Waals surface area contributed by atoms with Crippen molar-refractivity contribution in [1.82, 2.24) is 13.9 Å². The number of fused-ring (bicyclic) bond motifs is 4. The number of sulfonamides is 1. The molecule has 0 radical (unpaired) electrons. The van der Waals surface area contributed by atoms with Gasteiger partial charge < -0.3 is 10.2 Å². The fourth-order valence-electron chi connectivity index (χ4n) is 5.36. The van der Waals surface area contributed by atoms with Crippen LogP contribution in [0.25, 0.3) is 0 Å². The quantitative estimate of drug-likeness (QED) is 0.334. The summed E-state index contributed by atoms with van der Waals surface area (Å²) in [5.41, 5.74) is 1.95. The summed E-state index contributed by atoms with van der Waals surface area (Å²) in [6.45, 7) is 2.09. The van der Waals surface area contributed by atoms with Gasteiger partial charge in [-0.2, -0.15) is 12.7 Å². The van der Waals surface area contributed by atoms with Crippen LogP contribution in [-0.2, 0) is 26.7 Å². The molecule has 3 heterocycles. The second kappa shape index (κ2) is 8.49. The van der Waals surface area contributed by atoms with Crippen LogP contribution in [0.5, 0.6) is 11.5 Å². The maximum absolute atomic E-state index is 13.1. The molecule has 0 aliphatic carbocycles. The number of rotatable bonds is 6. The molecule has 1 aromatic carbocycles. The molecule has 0 unspecified atom stereocenters. The summed E-state index contributed by atoms with van der Waals surface area (Å²) >= 11 is 0. The van der Waals surface area contributed by atoms with Gasteiger partial charge in [0.25, 0.3) is 10.2 Å². The Morgan fingerprint density at radius 1 is 1.13 bits per heavy atom. The molecule has 10 nitrogen and oxygen atoms in total. The monoisotopic (exact) mass is 474 g/mol. The van der Waals surface area contributed by atoms with E-state index in [1.54, 1.807) is 16.4 Å². The largest absolute Gasteiger partial charge is 0.504 e. The molecule has 0 aromatic heterocycles. The summed E-state index contributed by atoms with van der Waals surface area (Å²) in [4.78, 5) is 2.37. The molecule has 0 amide bonds. The number of nitrogens with one attached hydrogen (secondary N) is 1. The number of phenolic OH excluding ortho intramolecular Hbond substituents is 2. The molecule has 3 atom stereocenters. The van der Waals surface area contributed by atoms with E-state index in [4.69, 9.17) is 5.14 Å². The Morgan fingerprint density at radius 2 is 1.87 bits per heavy atom. The highest BCUT2D eigenvalue weighted by Gasteiger charge is 2.45. The Bertz CT molecular complexity index is 1050. The van der Waals surface area contributed by atoms with Gasteiger partial charge >= 0.3 is 0 Å². The first-order valence-electron chi connectivity index (χ1n) is 10.6. The van der Waals surface area contributed by atoms with Gasteiger partial charge in [0.05, 0.1) is 5.75 Å². The topological polar surface area (TPSA) is 153 Å². The van der Waals surface area contributed by atoms with E-state index in [-0.39, 0.29) is 48.2 Å². The molecule has 4 rings (SSSR count). The first-order valence-corrected chi connectivity index (χ1v) is 13.8. The van der Waals surface area contributed by atoms with E-state index in [1.165, 1.54) is 0 Å². The van der Waals surface area contributed by atoms with Crippen LogP contribution in [0.1, 0.15) is 42.9 Å². The highest BCUT2D eigenvalue weighted by atomic mass is 32.2. The number of hydrogen-bond donors (Lipinski definition) is 4. The van der Waals surface area contributed by atoms with E-state index < -0.39 is 20.2 Å². The van der Waals surface area contributed by atoms with Crippen LogP contribution >= 0.6 is 0 Å². The summed E-state index contributed by atoms with van der Waals surface area (Å²) in [5.74, 6) is -0.179. The number of nitrogens with two attached hydrogens (primary N) is 1. The van der Waals surface area contributed by atoms with Crippen LogP contribution in [0.2, 0.25) is 0 Å². The van der Waals surface area contributed by atoms with Gasteiger partial charge in [-0.1, -0.05) is 0 Å². The molecule has 3 aliphatic heterocycles. The van der Waals surface area contributed by atoms with Crippen LogP contribution < -0.4 is 9.86 Å². The van der Waals surface area contributed by atoms with E-state index in [2.05, 4.69) is 9.62 Å². The first kappa shape index (κ1) is 22.7. The lowest BCUT2D eigenvalue weighted by Gasteiger charge is -2.51. The lowest BCUT2D eigenvalue weighted by Crippen LogP contribution is -2.57. The summed E-state index contributed by atoms with van der Waals surface area (Å²) in [7, 11) is -7.39. The van der Waals surface area contributed by atoms with E-state index >= 15 is 0 Å². The second-order valence-electron chi connectivity index (χ2n) is 8.73. The Labute approximate surface area is 183 Å². The molecule has 0 saturated carbocycles. The van der Waals surface area contributed by atoms with Gasteiger partial charge in [-0.25, -0.2) is 18.3 Å². The van der Waals surface area contributed by atoms with E-state index in [1.807, 2.05) is 0 Å². The molecular weight excluding hydrogens is 444 g/mol. The number of phenols is 2. The molecule has 2 saturated heterocycles. The summed E-state index contributed by atoms with van der Waals surface area (Å²) in [5, 5.41) is 24.8. The highest BCUT2D eigenvalue weighted by Crippen LogP contribution is 2.45. The lowest BCUT2D eigenvalue weighted by atomic mass is 9.77. The first-order chi connectivity index (χ1) is 14.5. The Morgan fingerprint density at radius 3 is 2.61 bits per heavy atom. The SMILES string of the molecule is NS(=O)(=O)NCCCS(=O)(=O)N1CCC[C@@H]2CN3CCc4cc(O)c(O)cc4[C@@H]3C[C@@H]21. The molecule has 0 spiro atoms. The zero-order chi connectivity index (χ0) is 22.4. The number of hydrogen-bond acceptors (Lipinski definition) is 7. The Kier molecular flexibility index (Phi) is 6.23. The molecule has 31 heavy (non-hydrogen) atoms. The van der Waals surface area contributed by atoms with Crippen molar-refractivity contribution in [3.8, 4) is 11.5 Å². The number of aromatic hydroxyl groups is 2. The average Bonchev–Trinajstić information content (AvgIpc) is 2.70. The normalized spacial score (nSPS) is 27.3. The number of piperidine rings is 2. The van der Waals surface area contributed by atoms with Crippen molar-refractivity contribution in [2.24, 2.45) is 11.1 Å². The van der Waals surface area contributed by atoms with E-state index in [0.29, 0.717) is 13.0 Å². The lowest BCUT2D eigenvalue weighted by molar-refractivity contribution is 0.0218. The van der Waals surface area contributed by atoms with Gasteiger partial charge in [0.2, 0.25) is 10.0 Å². The molecule has 3 aliphatic rings. The zero-order valence-electron chi connectivity index (χ0n) is 17.3. The average molecular weight is 475 g/mol. The van der Waals surface area contributed by atoms with Gasteiger partial charge in [-0.05, 0) is 61.3 Å². The van der Waals surface area contributed by atoms with Gasteiger partial charge in [-0.3, -0.25) is 4.90 Å². The highest BCUT2D eigenvalue weighted by molar-refractivity contribution is 7.89. The number of benzene rings is 1. The van der Waals surface area contributed by atoms with Gasteiger partial charge in [0, 0.05) is 38.3 Å². The zero-order valence-corrected chi connectivity index (χ0v) is 18.9. The van der Waals surface area contributed by atoms with Crippen molar-refractivity contribution in [3.05, 3.63) is 23.3 Å². The minimum absolute atomic E-state index is 0.00338. The fraction of sp³-hybridized carbons (Fsp3) is 0.684. The van der Waals surface area contributed by atoms with E-state index in [0.717, 1.165) is 43.5 Å². The van der Waals surface area contributed by atoms with Crippen LogP contribution in [0.4, 0.5) is 0 Å². The van der Waals surface area contributed by atoms with Crippen molar-refractivity contribution >= 4 is 20.2 Å². The Balaban J connectivity index is 1.52. The third-order valence-corrected chi connectivity index (χ3v) is 9.32. The van der Waals surface area contributed by atoms with Crippen molar-refractivity contribution < 1.29 is 27.0 Å². The maximum Gasteiger partial charge on any atom is 0.274 e. The molecule has 174 valence electrons. The predicted molar refractivity (Wildman–Crippen MR) is 115 cm³/mol. The number of nitrogens with zero attached hydrogens (tertiary/aromatic N) is 2.